The zero-order valence-corrected chi connectivity index (χ0v) is 18.1. The summed E-state index contributed by atoms with van der Waals surface area (Å²) in [5.41, 5.74) is 8.58. The van der Waals surface area contributed by atoms with Gasteiger partial charge in [-0.2, -0.15) is 13.4 Å². The number of aromatic nitrogens is 3. The molecule has 0 aliphatic heterocycles. The predicted octanol–water partition coefficient (Wildman–Crippen LogP) is 1.22. The molecule has 10 nitrogen and oxygen atoms in total. The molecule has 0 amide bonds. The number of hydrogen-bond acceptors (Lipinski definition) is 10. The first kappa shape index (κ1) is 23.1. The van der Waals surface area contributed by atoms with Gasteiger partial charge in [-0.05, 0) is 13.8 Å². The molecule has 2 aromatic rings. The van der Waals surface area contributed by atoms with Gasteiger partial charge in [-0.15, -0.1) is 0 Å². The van der Waals surface area contributed by atoms with Crippen molar-refractivity contribution in [3.8, 4) is 5.75 Å². The molecule has 2 rings (SSSR count). The van der Waals surface area contributed by atoms with Gasteiger partial charge in [-0.25, -0.2) is 4.98 Å². The lowest BCUT2D eigenvalue weighted by Gasteiger charge is -2.17. The lowest BCUT2D eigenvalue weighted by atomic mass is 10.1. The van der Waals surface area contributed by atoms with Crippen molar-refractivity contribution in [1.82, 2.24) is 15.0 Å². The standard InChI is InChI=1S/C17H24ClN5O5S/c1-9-6-20-13(10(2)14(9)27-3)7-21-16-12(15(18)22-17(19)23-16)5-11(24)8-28-29(4,25)26/h6,11,24H,5,7-8H2,1-4H3,(H3,19,21,22,23). The number of rotatable bonds is 9. The van der Waals surface area contributed by atoms with Crippen molar-refractivity contribution >= 4 is 33.5 Å². The molecule has 0 aliphatic rings. The molecule has 29 heavy (non-hydrogen) atoms. The minimum absolute atomic E-state index is 0.0411. The first-order valence-electron chi connectivity index (χ1n) is 8.59. The third-order valence-electron chi connectivity index (χ3n) is 4.06. The second-order valence-corrected chi connectivity index (χ2v) is 8.45. The molecule has 0 bridgehead atoms. The van der Waals surface area contributed by atoms with Gasteiger partial charge < -0.3 is 20.9 Å². The summed E-state index contributed by atoms with van der Waals surface area (Å²) in [6, 6.07) is 0. The van der Waals surface area contributed by atoms with Gasteiger partial charge in [0.2, 0.25) is 5.95 Å². The summed E-state index contributed by atoms with van der Waals surface area (Å²) in [6.07, 6.45) is 1.42. The lowest BCUT2D eigenvalue weighted by molar-refractivity contribution is 0.111. The second kappa shape index (κ2) is 9.53. The average molecular weight is 446 g/mol. The van der Waals surface area contributed by atoms with Crippen molar-refractivity contribution in [2.75, 3.05) is 31.0 Å². The van der Waals surface area contributed by atoms with Crippen LogP contribution in [0.25, 0.3) is 0 Å². The van der Waals surface area contributed by atoms with E-state index in [1.54, 1.807) is 13.3 Å². The number of aryl methyl sites for hydroxylation is 1. The Morgan fingerprint density at radius 3 is 2.66 bits per heavy atom. The van der Waals surface area contributed by atoms with Crippen LogP contribution in [-0.2, 0) is 27.3 Å². The Morgan fingerprint density at radius 2 is 2.03 bits per heavy atom. The molecular weight excluding hydrogens is 422 g/mol. The van der Waals surface area contributed by atoms with E-state index in [-0.39, 0.29) is 24.1 Å². The van der Waals surface area contributed by atoms with Crippen LogP contribution in [0.3, 0.4) is 0 Å². The first-order valence-corrected chi connectivity index (χ1v) is 10.8. The highest BCUT2D eigenvalue weighted by Crippen LogP contribution is 2.27. The molecular formula is C17H24ClN5O5S. The van der Waals surface area contributed by atoms with Gasteiger partial charge in [0.05, 0.1) is 38.3 Å². The second-order valence-electron chi connectivity index (χ2n) is 6.45. The Labute approximate surface area is 174 Å². The van der Waals surface area contributed by atoms with Crippen LogP contribution in [0.15, 0.2) is 6.20 Å². The molecule has 0 saturated heterocycles. The van der Waals surface area contributed by atoms with Crippen molar-refractivity contribution in [3.63, 3.8) is 0 Å². The molecule has 0 aromatic carbocycles. The Kier molecular flexibility index (Phi) is 7.58. The molecule has 4 N–H and O–H groups in total. The average Bonchev–Trinajstić information content (AvgIpc) is 2.61. The van der Waals surface area contributed by atoms with Gasteiger partial charge in [-0.3, -0.25) is 9.17 Å². The van der Waals surface area contributed by atoms with Crippen LogP contribution in [0, 0.1) is 13.8 Å². The van der Waals surface area contributed by atoms with E-state index in [9.17, 15) is 13.5 Å². The highest BCUT2D eigenvalue weighted by atomic mass is 35.5. The van der Waals surface area contributed by atoms with Crippen molar-refractivity contribution in [2.45, 2.75) is 32.9 Å². The molecule has 1 unspecified atom stereocenters. The normalized spacial score (nSPS) is 12.6. The van der Waals surface area contributed by atoms with Crippen LogP contribution in [0.1, 0.15) is 22.4 Å². The molecule has 0 aliphatic carbocycles. The Hall–Kier alpha value is -2.21. The Balaban J connectivity index is 2.23. The van der Waals surface area contributed by atoms with Gasteiger partial charge >= 0.3 is 0 Å². The Morgan fingerprint density at radius 1 is 1.34 bits per heavy atom. The number of nitrogens with two attached hydrogens (primary N) is 1. The van der Waals surface area contributed by atoms with Crippen molar-refractivity contribution in [3.05, 3.63) is 33.7 Å². The van der Waals surface area contributed by atoms with Gasteiger partial charge in [0.25, 0.3) is 10.1 Å². The van der Waals surface area contributed by atoms with Gasteiger partial charge in [0, 0.05) is 29.3 Å². The summed E-state index contributed by atoms with van der Waals surface area (Å²) in [4.78, 5) is 12.4. The van der Waals surface area contributed by atoms with Crippen molar-refractivity contribution in [2.24, 2.45) is 0 Å². The van der Waals surface area contributed by atoms with Crippen molar-refractivity contribution in [1.29, 1.82) is 0 Å². The number of aliphatic hydroxyl groups excluding tert-OH is 1. The highest BCUT2D eigenvalue weighted by Gasteiger charge is 2.19. The molecule has 2 heterocycles. The minimum atomic E-state index is -3.68. The lowest BCUT2D eigenvalue weighted by Crippen LogP contribution is -2.22. The van der Waals surface area contributed by atoms with Crippen LogP contribution in [0.2, 0.25) is 5.15 Å². The quantitative estimate of drug-likeness (QED) is 0.379. The number of nitrogens with zero attached hydrogens (tertiary/aromatic N) is 3. The number of nitrogen functional groups attached to an aromatic ring is 1. The number of anilines is 2. The number of aliphatic hydroxyl groups is 1. The molecule has 160 valence electrons. The van der Waals surface area contributed by atoms with Gasteiger partial charge in [0.1, 0.15) is 16.7 Å². The maximum absolute atomic E-state index is 11.1. The Bertz CT molecular complexity index is 987. The fourth-order valence-corrected chi connectivity index (χ4v) is 3.37. The molecule has 0 saturated carbocycles. The number of methoxy groups -OCH3 is 1. The SMILES string of the molecule is COc1c(C)cnc(CNc2nc(N)nc(Cl)c2CC(O)COS(C)(=O)=O)c1C. The van der Waals surface area contributed by atoms with Crippen LogP contribution >= 0.6 is 11.6 Å². The molecule has 1 atom stereocenters. The van der Waals surface area contributed by atoms with E-state index in [0.29, 0.717) is 11.4 Å². The van der Waals surface area contributed by atoms with E-state index < -0.39 is 22.8 Å². The molecule has 12 heteroatoms. The van der Waals surface area contributed by atoms with Crippen LogP contribution in [-0.4, -0.2) is 54.6 Å². The highest BCUT2D eigenvalue weighted by molar-refractivity contribution is 7.85. The van der Waals surface area contributed by atoms with E-state index in [2.05, 4.69) is 24.5 Å². The van der Waals surface area contributed by atoms with E-state index in [1.807, 2.05) is 13.8 Å². The zero-order valence-electron chi connectivity index (χ0n) is 16.6. The zero-order chi connectivity index (χ0) is 21.8. The van der Waals surface area contributed by atoms with E-state index >= 15 is 0 Å². The molecule has 0 spiro atoms. The predicted molar refractivity (Wildman–Crippen MR) is 110 cm³/mol. The number of halogens is 1. The fourth-order valence-electron chi connectivity index (χ4n) is 2.71. The summed E-state index contributed by atoms with van der Waals surface area (Å²) in [5.74, 6) is 1.00. The van der Waals surface area contributed by atoms with Crippen molar-refractivity contribution < 1.29 is 22.4 Å². The first-order chi connectivity index (χ1) is 13.5. The van der Waals surface area contributed by atoms with Gasteiger partial charge in [-0.1, -0.05) is 11.6 Å². The summed E-state index contributed by atoms with van der Waals surface area (Å²) >= 11 is 6.17. The summed E-state index contributed by atoms with van der Waals surface area (Å²) in [5, 5.41) is 13.3. The fraction of sp³-hybridized carbons (Fsp3) is 0.471. The van der Waals surface area contributed by atoms with Crippen LogP contribution in [0.4, 0.5) is 11.8 Å². The number of ether oxygens (including phenoxy) is 1. The smallest absolute Gasteiger partial charge is 0.264 e. The number of hydrogen-bond donors (Lipinski definition) is 3. The maximum atomic E-state index is 11.1. The van der Waals surface area contributed by atoms with Crippen LogP contribution in [0.5, 0.6) is 5.75 Å². The number of pyridine rings is 1. The maximum Gasteiger partial charge on any atom is 0.264 e. The number of nitrogens with one attached hydrogen (secondary N) is 1. The summed E-state index contributed by atoms with van der Waals surface area (Å²) in [7, 11) is -2.09. The molecule has 2 aromatic heterocycles. The monoisotopic (exact) mass is 445 g/mol. The third-order valence-corrected chi connectivity index (χ3v) is 4.94. The summed E-state index contributed by atoms with van der Waals surface area (Å²) in [6.45, 7) is 3.66. The third kappa shape index (κ3) is 6.39. The van der Waals surface area contributed by atoms with Crippen LogP contribution < -0.4 is 15.8 Å². The van der Waals surface area contributed by atoms with E-state index in [0.717, 1.165) is 28.8 Å². The topological polar surface area (TPSA) is 150 Å². The largest absolute Gasteiger partial charge is 0.496 e. The molecule has 0 radical (unpaired) electrons. The molecule has 0 fully saturated rings. The minimum Gasteiger partial charge on any atom is -0.496 e. The van der Waals surface area contributed by atoms with E-state index in [1.165, 1.54) is 0 Å². The summed E-state index contributed by atoms with van der Waals surface area (Å²) < 4.78 is 32.2. The van der Waals surface area contributed by atoms with Gasteiger partial charge in [0.15, 0.2) is 0 Å². The van der Waals surface area contributed by atoms with E-state index in [4.69, 9.17) is 22.1 Å².